The molecular formula is C17H35O4S-. The van der Waals surface area contributed by atoms with Crippen molar-refractivity contribution in [3.05, 3.63) is 0 Å². The molecular weight excluding hydrogens is 300 g/mol. The Kier molecular flexibility index (Phi) is 14.4. The van der Waals surface area contributed by atoms with Gasteiger partial charge in [-0.3, -0.25) is 4.18 Å². The number of hydrogen-bond acceptors (Lipinski definition) is 4. The molecule has 0 saturated carbocycles. The maximum Gasteiger partial charge on any atom is 0.217 e. The summed E-state index contributed by atoms with van der Waals surface area (Å²) in [7, 11) is -4.50. The molecule has 1 atom stereocenters. The maximum atomic E-state index is 10.2. The van der Waals surface area contributed by atoms with E-state index in [-0.39, 0.29) is 6.61 Å². The molecule has 22 heavy (non-hydrogen) atoms. The number of rotatable bonds is 16. The Balaban J connectivity index is 3.23. The smallest absolute Gasteiger partial charge is 0.217 e. The zero-order valence-corrected chi connectivity index (χ0v) is 15.3. The third kappa shape index (κ3) is 17.9. The molecule has 0 aliphatic carbocycles. The molecule has 134 valence electrons. The summed E-state index contributed by atoms with van der Waals surface area (Å²) < 4.78 is 34.8. The van der Waals surface area contributed by atoms with Crippen LogP contribution in [0.1, 0.15) is 97.3 Å². The van der Waals surface area contributed by atoms with Crippen LogP contribution in [0.2, 0.25) is 0 Å². The summed E-state index contributed by atoms with van der Waals surface area (Å²) in [6.45, 7) is 4.63. The molecule has 0 aliphatic heterocycles. The molecule has 0 radical (unpaired) electrons. The monoisotopic (exact) mass is 335 g/mol. The van der Waals surface area contributed by atoms with Crippen molar-refractivity contribution in [2.24, 2.45) is 5.92 Å². The van der Waals surface area contributed by atoms with Crippen LogP contribution in [0.25, 0.3) is 0 Å². The minimum absolute atomic E-state index is 0.0280. The van der Waals surface area contributed by atoms with Crippen molar-refractivity contribution in [3.63, 3.8) is 0 Å². The largest absolute Gasteiger partial charge is 0.726 e. The van der Waals surface area contributed by atoms with Crippen molar-refractivity contribution in [2.75, 3.05) is 6.61 Å². The minimum Gasteiger partial charge on any atom is -0.726 e. The van der Waals surface area contributed by atoms with Crippen LogP contribution in [0, 0.1) is 5.92 Å². The van der Waals surface area contributed by atoms with Crippen molar-refractivity contribution in [1.82, 2.24) is 0 Å². The maximum absolute atomic E-state index is 10.2. The zero-order chi connectivity index (χ0) is 16.7. The standard InChI is InChI=1S/C17H36O4S/c1-3-4-5-6-8-11-14-17(2)15-12-9-7-10-13-16-21-22(18,19)20/h17H,3-16H2,1-2H3,(H,18,19,20)/p-1. The first-order valence-electron chi connectivity index (χ1n) is 9.06. The Bertz CT molecular complexity index is 328. The van der Waals surface area contributed by atoms with Gasteiger partial charge in [-0.2, -0.15) is 0 Å². The van der Waals surface area contributed by atoms with Crippen LogP contribution in [-0.2, 0) is 14.6 Å². The Morgan fingerprint density at radius 1 is 0.818 bits per heavy atom. The van der Waals surface area contributed by atoms with Crippen LogP contribution in [0.3, 0.4) is 0 Å². The van der Waals surface area contributed by atoms with E-state index < -0.39 is 10.4 Å². The van der Waals surface area contributed by atoms with E-state index in [1.54, 1.807) is 0 Å². The molecule has 0 spiro atoms. The molecule has 5 heteroatoms. The van der Waals surface area contributed by atoms with Gasteiger partial charge in [-0.05, 0) is 12.3 Å². The first-order valence-corrected chi connectivity index (χ1v) is 10.4. The van der Waals surface area contributed by atoms with Gasteiger partial charge in [0.1, 0.15) is 0 Å². The first-order chi connectivity index (χ1) is 10.5. The Morgan fingerprint density at radius 2 is 1.27 bits per heavy atom. The second-order valence-corrected chi connectivity index (χ2v) is 7.50. The predicted octanol–water partition coefficient (Wildman–Crippen LogP) is 5.19. The summed E-state index contributed by atoms with van der Waals surface area (Å²) >= 11 is 0. The highest BCUT2D eigenvalue weighted by molar-refractivity contribution is 7.80. The summed E-state index contributed by atoms with van der Waals surface area (Å²) in [6.07, 6.45) is 16.0. The van der Waals surface area contributed by atoms with Crippen molar-refractivity contribution in [1.29, 1.82) is 0 Å². The average Bonchev–Trinajstić information content (AvgIpc) is 2.44. The summed E-state index contributed by atoms with van der Waals surface area (Å²) in [5.41, 5.74) is 0. The topological polar surface area (TPSA) is 66.4 Å². The van der Waals surface area contributed by atoms with Gasteiger partial charge in [-0.15, -0.1) is 0 Å². The fraction of sp³-hybridized carbons (Fsp3) is 1.00. The van der Waals surface area contributed by atoms with E-state index in [9.17, 15) is 13.0 Å². The van der Waals surface area contributed by atoms with Crippen LogP contribution in [0.15, 0.2) is 0 Å². The average molecular weight is 336 g/mol. The molecule has 0 aromatic rings. The Labute approximate surface area is 138 Å². The summed E-state index contributed by atoms with van der Waals surface area (Å²) in [4.78, 5) is 0. The molecule has 4 nitrogen and oxygen atoms in total. The van der Waals surface area contributed by atoms with E-state index in [2.05, 4.69) is 18.0 Å². The molecule has 0 aliphatic rings. The minimum atomic E-state index is -4.50. The van der Waals surface area contributed by atoms with Gasteiger partial charge >= 0.3 is 0 Å². The lowest BCUT2D eigenvalue weighted by Crippen LogP contribution is -2.05. The highest BCUT2D eigenvalue weighted by Crippen LogP contribution is 2.18. The number of unbranched alkanes of at least 4 members (excludes halogenated alkanes) is 9. The summed E-state index contributed by atoms with van der Waals surface area (Å²) in [6, 6.07) is 0. The second kappa shape index (κ2) is 14.5. The van der Waals surface area contributed by atoms with Crippen LogP contribution in [-0.4, -0.2) is 19.6 Å². The van der Waals surface area contributed by atoms with Crippen LogP contribution in [0.4, 0.5) is 0 Å². The molecule has 0 aromatic heterocycles. The third-order valence-corrected chi connectivity index (χ3v) is 4.57. The van der Waals surface area contributed by atoms with Gasteiger partial charge in [0.25, 0.3) is 0 Å². The van der Waals surface area contributed by atoms with E-state index in [4.69, 9.17) is 0 Å². The predicted molar refractivity (Wildman–Crippen MR) is 90.5 cm³/mol. The van der Waals surface area contributed by atoms with Gasteiger partial charge in [0.15, 0.2) is 0 Å². The first kappa shape index (κ1) is 21.9. The molecule has 0 N–H and O–H groups in total. The van der Waals surface area contributed by atoms with Gasteiger partial charge in [0, 0.05) is 0 Å². The van der Waals surface area contributed by atoms with E-state index >= 15 is 0 Å². The second-order valence-electron chi connectivity index (χ2n) is 6.45. The van der Waals surface area contributed by atoms with E-state index in [1.165, 1.54) is 64.2 Å². The summed E-state index contributed by atoms with van der Waals surface area (Å²) in [5.74, 6) is 0.820. The van der Waals surface area contributed by atoms with Crippen LogP contribution >= 0.6 is 0 Å². The van der Waals surface area contributed by atoms with Gasteiger partial charge in [-0.25, -0.2) is 8.42 Å². The summed E-state index contributed by atoms with van der Waals surface area (Å²) in [5, 5.41) is 0. The fourth-order valence-electron chi connectivity index (χ4n) is 2.70. The van der Waals surface area contributed by atoms with Crippen molar-refractivity contribution in [2.45, 2.75) is 97.3 Å². The Hall–Kier alpha value is -0.130. The SMILES string of the molecule is CCCCCCCCC(C)CCCCCCCOS(=O)(=O)[O-]. The van der Waals surface area contributed by atoms with Gasteiger partial charge in [0.2, 0.25) is 10.4 Å². The molecule has 1 unspecified atom stereocenters. The van der Waals surface area contributed by atoms with Crippen molar-refractivity contribution in [3.8, 4) is 0 Å². The molecule has 0 saturated heterocycles. The van der Waals surface area contributed by atoms with Crippen molar-refractivity contribution >= 4 is 10.4 Å². The highest BCUT2D eigenvalue weighted by atomic mass is 32.3. The van der Waals surface area contributed by atoms with E-state index in [0.29, 0.717) is 6.42 Å². The zero-order valence-electron chi connectivity index (χ0n) is 14.5. The fourth-order valence-corrected chi connectivity index (χ4v) is 3.03. The third-order valence-electron chi connectivity index (χ3n) is 4.12. The molecule has 0 aromatic carbocycles. The lowest BCUT2D eigenvalue weighted by molar-refractivity contribution is 0.255. The quantitative estimate of drug-likeness (QED) is 0.221. The Morgan fingerprint density at radius 3 is 1.77 bits per heavy atom. The van der Waals surface area contributed by atoms with Gasteiger partial charge < -0.3 is 4.55 Å². The molecule has 0 heterocycles. The highest BCUT2D eigenvalue weighted by Gasteiger charge is 2.02. The number of hydrogen-bond donors (Lipinski definition) is 0. The normalized spacial score (nSPS) is 13.4. The van der Waals surface area contributed by atoms with E-state index in [1.807, 2.05) is 0 Å². The van der Waals surface area contributed by atoms with E-state index in [0.717, 1.165) is 18.8 Å². The van der Waals surface area contributed by atoms with Crippen LogP contribution in [0.5, 0.6) is 0 Å². The molecule has 0 amide bonds. The van der Waals surface area contributed by atoms with Crippen LogP contribution < -0.4 is 0 Å². The van der Waals surface area contributed by atoms with Crippen molar-refractivity contribution < 1.29 is 17.2 Å². The van der Waals surface area contributed by atoms with Gasteiger partial charge in [0.05, 0.1) is 6.61 Å². The molecule has 0 fully saturated rings. The lowest BCUT2D eigenvalue weighted by atomic mass is 9.96. The molecule has 0 bridgehead atoms. The van der Waals surface area contributed by atoms with Gasteiger partial charge in [-0.1, -0.05) is 90.9 Å². The molecule has 0 rings (SSSR count). The lowest BCUT2D eigenvalue weighted by Gasteiger charge is -2.11.